The maximum atomic E-state index is 5.69. The van der Waals surface area contributed by atoms with Gasteiger partial charge in [0, 0.05) is 17.6 Å². The van der Waals surface area contributed by atoms with Crippen LogP contribution in [0.25, 0.3) is 0 Å². The standard InChI is InChI=1S/C14H17BrN2O/c1-11-4-5-14(13(15)9-11)17(7-6-16)10-12-3-2-8-18-12/h2-5,8-9H,6-7,10,16H2,1H3. The molecule has 2 aromatic rings. The fourth-order valence-electron chi connectivity index (χ4n) is 1.90. The zero-order chi connectivity index (χ0) is 13.0. The Kier molecular flexibility index (Phi) is 4.44. The van der Waals surface area contributed by atoms with Crippen LogP contribution in [0.5, 0.6) is 0 Å². The van der Waals surface area contributed by atoms with Crippen molar-refractivity contribution in [3.05, 3.63) is 52.4 Å². The molecular weight excluding hydrogens is 292 g/mol. The lowest BCUT2D eigenvalue weighted by Gasteiger charge is -2.24. The normalized spacial score (nSPS) is 10.6. The molecule has 0 unspecified atom stereocenters. The number of furan rings is 1. The monoisotopic (exact) mass is 308 g/mol. The molecule has 0 bridgehead atoms. The van der Waals surface area contributed by atoms with E-state index < -0.39 is 0 Å². The fourth-order valence-corrected chi connectivity index (χ4v) is 2.64. The molecular formula is C14H17BrN2O. The average Bonchev–Trinajstić information content (AvgIpc) is 2.81. The molecule has 0 saturated carbocycles. The van der Waals surface area contributed by atoms with Gasteiger partial charge in [-0.2, -0.15) is 0 Å². The van der Waals surface area contributed by atoms with Gasteiger partial charge in [-0.15, -0.1) is 0 Å². The van der Waals surface area contributed by atoms with E-state index in [2.05, 4.69) is 46.0 Å². The predicted octanol–water partition coefficient (Wildman–Crippen LogP) is 3.32. The molecule has 2 rings (SSSR count). The first-order valence-electron chi connectivity index (χ1n) is 5.94. The third-order valence-electron chi connectivity index (χ3n) is 2.77. The lowest BCUT2D eigenvalue weighted by Crippen LogP contribution is -2.29. The second-order valence-electron chi connectivity index (χ2n) is 4.24. The van der Waals surface area contributed by atoms with Crippen LogP contribution in [-0.2, 0) is 6.54 Å². The molecule has 0 spiro atoms. The van der Waals surface area contributed by atoms with Crippen molar-refractivity contribution >= 4 is 21.6 Å². The zero-order valence-corrected chi connectivity index (χ0v) is 12.0. The van der Waals surface area contributed by atoms with Crippen molar-refractivity contribution < 1.29 is 4.42 Å². The Bertz CT molecular complexity index is 497. The summed E-state index contributed by atoms with van der Waals surface area (Å²) in [5, 5.41) is 0. The van der Waals surface area contributed by atoms with E-state index in [1.54, 1.807) is 6.26 Å². The van der Waals surface area contributed by atoms with Crippen LogP contribution in [0.1, 0.15) is 11.3 Å². The Morgan fingerprint density at radius 2 is 2.17 bits per heavy atom. The molecule has 0 saturated heterocycles. The number of halogens is 1. The van der Waals surface area contributed by atoms with Crippen LogP contribution in [-0.4, -0.2) is 13.1 Å². The van der Waals surface area contributed by atoms with E-state index in [0.717, 1.165) is 29.0 Å². The topological polar surface area (TPSA) is 42.4 Å². The van der Waals surface area contributed by atoms with Crippen LogP contribution in [0.15, 0.2) is 45.5 Å². The predicted molar refractivity (Wildman–Crippen MR) is 77.7 cm³/mol. The summed E-state index contributed by atoms with van der Waals surface area (Å²) < 4.78 is 6.48. The number of rotatable bonds is 5. The molecule has 4 heteroatoms. The van der Waals surface area contributed by atoms with Crippen molar-refractivity contribution in [2.45, 2.75) is 13.5 Å². The van der Waals surface area contributed by atoms with Crippen molar-refractivity contribution in [2.24, 2.45) is 5.73 Å². The Morgan fingerprint density at radius 3 is 2.78 bits per heavy atom. The van der Waals surface area contributed by atoms with E-state index in [0.29, 0.717) is 6.54 Å². The Labute approximate surface area is 116 Å². The summed E-state index contributed by atoms with van der Waals surface area (Å²) in [6.45, 7) is 4.21. The van der Waals surface area contributed by atoms with Crippen LogP contribution in [0.2, 0.25) is 0 Å². The zero-order valence-electron chi connectivity index (χ0n) is 10.4. The first-order valence-corrected chi connectivity index (χ1v) is 6.73. The van der Waals surface area contributed by atoms with E-state index in [1.165, 1.54) is 5.56 Å². The largest absolute Gasteiger partial charge is 0.467 e. The Morgan fingerprint density at radius 1 is 1.33 bits per heavy atom. The molecule has 0 fully saturated rings. The molecule has 1 aromatic heterocycles. The maximum Gasteiger partial charge on any atom is 0.123 e. The van der Waals surface area contributed by atoms with Crippen molar-refractivity contribution in [3.8, 4) is 0 Å². The van der Waals surface area contributed by atoms with E-state index >= 15 is 0 Å². The summed E-state index contributed by atoms with van der Waals surface area (Å²) in [5.41, 5.74) is 8.06. The number of hydrogen-bond acceptors (Lipinski definition) is 3. The molecule has 2 N–H and O–H groups in total. The molecule has 1 heterocycles. The number of nitrogens with two attached hydrogens (primary N) is 1. The summed E-state index contributed by atoms with van der Waals surface area (Å²) in [5.74, 6) is 0.941. The maximum absolute atomic E-state index is 5.69. The van der Waals surface area contributed by atoms with Gasteiger partial charge in [0.2, 0.25) is 0 Å². The minimum absolute atomic E-state index is 0.612. The van der Waals surface area contributed by atoms with E-state index in [4.69, 9.17) is 10.2 Å². The minimum atomic E-state index is 0.612. The second kappa shape index (κ2) is 6.07. The van der Waals surface area contributed by atoms with Crippen molar-refractivity contribution in [3.63, 3.8) is 0 Å². The number of anilines is 1. The number of nitrogens with zero attached hydrogens (tertiary/aromatic N) is 1. The van der Waals surface area contributed by atoms with Crippen LogP contribution >= 0.6 is 15.9 Å². The van der Waals surface area contributed by atoms with E-state index in [1.807, 2.05) is 12.1 Å². The number of aryl methyl sites for hydroxylation is 1. The third-order valence-corrected chi connectivity index (χ3v) is 3.40. The van der Waals surface area contributed by atoms with E-state index in [9.17, 15) is 0 Å². The quantitative estimate of drug-likeness (QED) is 0.921. The summed E-state index contributed by atoms with van der Waals surface area (Å²) in [7, 11) is 0. The SMILES string of the molecule is Cc1ccc(N(CCN)Cc2ccco2)c(Br)c1. The number of hydrogen-bond donors (Lipinski definition) is 1. The minimum Gasteiger partial charge on any atom is -0.467 e. The average molecular weight is 309 g/mol. The number of benzene rings is 1. The summed E-state index contributed by atoms with van der Waals surface area (Å²) >= 11 is 3.61. The highest BCUT2D eigenvalue weighted by molar-refractivity contribution is 9.10. The highest BCUT2D eigenvalue weighted by Crippen LogP contribution is 2.28. The molecule has 96 valence electrons. The Hall–Kier alpha value is -1.26. The van der Waals surface area contributed by atoms with Crippen LogP contribution in [0.4, 0.5) is 5.69 Å². The van der Waals surface area contributed by atoms with Crippen molar-refractivity contribution in [2.75, 3.05) is 18.0 Å². The van der Waals surface area contributed by atoms with E-state index in [-0.39, 0.29) is 0 Å². The van der Waals surface area contributed by atoms with Crippen molar-refractivity contribution in [1.29, 1.82) is 0 Å². The summed E-state index contributed by atoms with van der Waals surface area (Å²) in [4.78, 5) is 2.21. The van der Waals surface area contributed by atoms with Gasteiger partial charge in [-0.3, -0.25) is 0 Å². The van der Waals surface area contributed by atoms with Gasteiger partial charge < -0.3 is 15.1 Å². The summed E-state index contributed by atoms with van der Waals surface area (Å²) in [6, 6.07) is 10.2. The molecule has 0 radical (unpaired) electrons. The highest BCUT2D eigenvalue weighted by atomic mass is 79.9. The molecule has 1 aromatic carbocycles. The van der Waals surface area contributed by atoms with Gasteiger partial charge in [0.25, 0.3) is 0 Å². The van der Waals surface area contributed by atoms with Crippen LogP contribution in [0, 0.1) is 6.92 Å². The lowest BCUT2D eigenvalue weighted by molar-refractivity contribution is 0.502. The van der Waals surface area contributed by atoms with Crippen LogP contribution < -0.4 is 10.6 Å². The smallest absolute Gasteiger partial charge is 0.123 e. The first-order chi connectivity index (χ1) is 8.70. The highest BCUT2D eigenvalue weighted by Gasteiger charge is 2.11. The fraction of sp³-hybridized carbons (Fsp3) is 0.286. The van der Waals surface area contributed by atoms with Gasteiger partial charge in [0.05, 0.1) is 18.5 Å². The lowest BCUT2D eigenvalue weighted by atomic mass is 10.2. The molecule has 0 aliphatic carbocycles. The second-order valence-corrected chi connectivity index (χ2v) is 5.10. The third kappa shape index (κ3) is 3.15. The van der Waals surface area contributed by atoms with Gasteiger partial charge in [-0.25, -0.2) is 0 Å². The summed E-state index contributed by atoms with van der Waals surface area (Å²) in [6.07, 6.45) is 1.69. The van der Waals surface area contributed by atoms with Gasteiger partial charge in [0.1, 0.15) is 5.76 Å². The van der Waals surface area contributed by atoms with Gasteiger partial charge in [-0.05, 0) is 52.7 Å². The molecule has 0 aliphatic heterocycles. The van der Waals surface area contributed by atoms with Crippen molar-refractivity contribution in [1.82, 2.24) is 0 Å². The molecule has 0 amide bonds. The first kappa shape index (κ1) is 13.2. The van der Waals surface area contributed by atoms with Gasteiger partial charge in [0.15, 0.2) is 0 Å². The molecule has 3 nitrogen and oxygen atoms in total. The molecule has 18 heavy (non-hydrogen) atoms. The van der Waals surface area contributed by atoms with Crippen LogP contribution in [0.3, 0.4) is 0 Å². The molecule has 0 atom stereocenters. The van der Waals surface area contributed by atoms with Gasteiger partial charge in [-0.1, -0.05) is 6.07 Å². The van der Waals surface area contributed by atoms with Gasteiger partial charge >= 0.3 is 0 Å². The Balaban J connectivity index is 2.23. The molecule has 0 aliphatic rings.